The van der Waals surface area contributed by atoms with Gasteiger partial charge in [-0.15, -0.1) is 0 Å². The highest BCUT2D eigenvalue weighted by molar-refractivity contribution is 4.98. The zero-order chi connectivity index (χ0) is 12.4. The predicted octanol–water partition coefficient (Wildman–Crippen LogP) is 3.36. The number of rotatable bonds is 5. The molecule has 16 heavy (non-hydrogen) atoms. The van der Waals surface area contributed by atoms with E-state index in [0.29, 0.717) is 6.04 Å². The van der Waals surface area contributed by atoms with Gasteiger partial charge in [-0.05, 0) is 53.0 Å². The van der Waals surface area contributed by atoms with Crippen LogP contribution in [0.5, 0.6) is 0 Å². The van der Waals surface area contributed by atoms with Crippen molar-refractivity contribution < 1.29 is 4.74 Å². The number of hydrogen-bond donors (Lipinski definition) is 1. The van der Waals surface area contributed by atoms with E-state index < -0.39 is 0 Å². The van der Waals surface area contributed by atoms with Gasteiger partial charge in [-0.3, -0.25) is 0 Å². The first kappa shape index (κ1) is 14.0. The molecule has 0 spiro atoms. The average molecular weight is 227 g/mol. The Morgan fingerprint density at radius 3 is 2.38 bits per heavy atom. The number of ether oxygens (including phenoxy) is 1. The van der Waals surface area contributed by atoms with Crippen molar-refractivity contribution in [3.05, 3.63) is 0 Å². The molecule has 2 unspecified atom stereocenters. The van der Waals surface area contributed by atoms with Crippen LogP contribution < -0.4 is 5.32 Å². The van der Waals surface area contributed by atoms with E-state index in [-0.39, 0.29) is 11.2 Å². The average Bonchev–Trinajstić information content (AvgIpc) is 2.31. The van der Waals surface area contributed by atoms with Gasteiger partial charge in [0.05, 0.1) is 11.2 Å². The van der Waals surface area contributed by atoms with Gasteiger partial charge in [0.1, 0.15) is 0 Å². The fourth-order valence-electron chi connectivity index (χ4n) is 2.82. The Kier molecular flexibility index (Phi) is 4.42. The second kappa shape index (κ2) is 5.05. The Bertz CT molecular complexity index is 223. The fraction of sp³-hybridized carbons (Fsp3) is 1.00. The summed E-state index contributed by atoms with van der Waals surface area (Å²) in [6.45, 7) is 14.5. The molecule has 1 aliphatic heterocycles. The lowest BCUT2D eigenvalue weighted by atomic mass is 9.93. The molecule has 96 valence electrons. The standard InChI is InChI=1S/C14H29NO/c1-7-8-11(2)10-15-12-9-13(3,4)16-14(12,5)6/h11-12,15H,7-10H2,1-6H3. The van der Waals surface area contributed by atoms with Gasteiger partial charge in [-0.25, -0.2) is 0 Å². The Balaban J connectivity index is 2.42. The molecule has 2 atom stereocenters. The normalized spacial score (nSPS) is 29.2. The van der Waals surface area contributed by atoms with Crippen LogP contribution in [0, 0.1) is 5.92 Å². The molecule has 0 aromatic heterocycles. The van der Waals surface area contributed by atoms with E-state index in [9.17, 15) is 0 Å². The van der Waals surface area contributed by atoms with Gasteiger partial charge in [0.15, 0.2) is 0 Å². The quantitative estimate of drug-likeness (QED) is 0.777. The Morgan fingerprint density at radius 1 is 1.31 bits per heavy atom. The van der Waals surface area contributed by atoms with Crippen LogP contribution in [0.15, 0.2) is 0 Å². The maximum atomic E-state index is 6.08. The summed E-state index contributed by atoms with van der Waals surface area (Å²) in [7, 11) is 0. The number of nitrogens with one attached hydrogen (secondary N) is 1. The predicted molar refractivity (Wildman–Crippen MR) is 69.7 cm³/mol. The van der Waals surface area contributed by atoms with Crippen molar-refractivity contribution in [1.82, 2.24) is 5.32 Å². The highest BCUT2D eigenvalue weighted by Crippen LogP contribution is 2.37. The van der Waals surface area contributed by atoms with E-state index in [2.05, 4.69) is 46.9 Å². The van der Waals surface area contributed by atoms with E-state index in [1.807, 2.05) is 0 Å². The molecule has 1 aliphatic rings. The van der Waals surface area contributed by atoms with Gasteiger partial charge in [-0.2, -0.15) is 0 Å². The monoisotopic (exact) mass is 227 g/mol. The minimum atomic E-state index is -0.0323. The molecule has 1 saturated heterocycles. The summed E-state index contributed by atoms with van der Waals surface area (Å²) in [6.07, 6.45) is 3.70. The molecule has 1 fully saturated rings. The van der Waals surface area contributed by atoms with Gasteiger partial charge >= 0.3 is 0 Å². The van der Waals surface area contributed by atoms with E-state index in [1.165, 1.54) is 12.8 Å². The maximum absolute atomic E-state index is 6.08. The van der Waals surface area contributed by atoms with Crippen LogP contribution in [-0.2, 0) is 4.74 Å². The molecule has 2 heteroatoms. The lowest BCUT2D eigenvalue weighted by Crippen LogP contribution is -2.44. The smallest absolute Gasteiger partial charge is 0.0787 e. The van der Waals surface area contributed by atoms with Crippen molar-refractivity contribution in [2.45, 2.75) is 78.0 Å². The van der Waals surface area contributed by atoms with Crippen LogP contribution in [0.2, 0.25) is 0 Å². The summed E-state index contributed by atoms with van der Waals surface area (Å²) in [5.74, 6) is 0.768. The first-order valence-corrected chi connectivity index (χ1v) is 6.70. The lowest BCUT2D eigenvalue weighted by molar-refractivity contribution is -0.0699. The lowest BCUT2D eigenvalue weighted by Gasteiger charge is -2.28. The zero-order valence-electron chi connectivity index (χ0n) is 11.9. The fourth-order valence-corrected chi connectivity index (χ4v) is 2.82. The molecule has 0 radical (unpaired) electrons. The van der Waals surface area contributed by atoms with Crippen LogP contribution in [0.4, 0.5) is 0 Å². The molecule has 0 amide bonds. The molecule has 1 N–H and O–H groups in total. The van der Waals surface area contributed by atoms with Crippen LogP contribution >= 0.6 is 0 Å². The third-order valence-corrected chi connectivity index (χ3v) is 3.57. The summed E-state index contributed by atoms with van der Waals surface area (Å²) in [5, 5.41) is 3.69. The van der Waals surface area contributed by atoms with Crippen molar-refractivity contribution in [3.8, 4) is 0 Å². The third-order valence-electron chi connectivity index (χ3n) is 3.57. The first-order chi connectivity index (χ1) is 7.27. The van der Waals surface area contributed by atoms with Crippen molar-refractivity contribution in [1.29, 1.82) is 0 Å². The highest BCUT2D eigenvalue weighted by Gasteiger charge is 2.45. The van der Waals surface area contributed by atoms with Crippen molar-refractivity contribution in [2.24, 2.45) is 5.92 Å². The van der Waals surface area contributed by atoms with E-state index in [1.54, 1.807) is 0 Å². The first-order valence-electron chi connectivity index (χ1n) is 6.70. The van der Waals surface area contributed by atoms with Crippen molar-refractivity contribution in [2.75, 3.05) is 6.54 Å². The Labute approximate surface area is 101 Å². The molecule has 1 rings (SSSR count). The molecule has 0 aliphatic carbocycles. The minimum Gasteiger partial charge on any atom is -0.368 e. The molecule has 0 aromatic carbocycles. The summed E-state index contributed by atoms with van der Waals surface area (Å²) >= 11 is 0. The van der Waals surface area contributed by atoms with Crippen molar-refractivity contribution in [3.63, 3.8) is 0 Å². The molecule has 0 saturated carbocycles. The summed E-state index contributed by atoms with van der Waals surface area (Å²) in [4.78, 5) is 0. The van der Waals surface area contributed by atoms with E-state index in [0.717, 1.165) is 18.9 Å². The van der Waals surface area contributed by atoms with Gasteiger partial charge in [0.2, 0.25) is 0 Å². The van der Waals surface area contributed by atoms with Gasteiger partial charge in [0, 0.05) is 6.04 Å². The molecule has 2 nitrogen and oxygen atoms in total. The minimum absolute atomic E-state index is 0.0230. The van der Waals surface area contributed by atoms with Gasteiger partial charge in [-0.1, -0.05) is 20.3 Å². The zero-order valence-corrected chi connectivity index (χ0v) is 11.9. The maximum Gasteiger partial charge on any atom is 0.0787 e. The van der Waals surface area contributed by atoms with Gasteiger partial charge in [0.25, 0.3) is 0 Å². The van der Waals surface area contributed by atoms with Gasteiger partial charge < -0.3 is 10.1 Å². The number of hydrogen-bond acceptors (Lipinski definition) is 2. The second-order valence-electron chi connectivity index (χ2n) is 6.52. The van der Waals surface area contributed by atoms with Crippen molar-refractivity contribution >= 4 is 0 Å². The summed E-state index contributed by atoms with van der Waals surface area (Å²) in [5.41, 5.74) is -0.00933. The third kappa shape index (κ3) is 3.74. The second-order valence-corrected chi connectivity index (χ2v) is 6.52. The molecule has 1 heterocycles. The molecular formula is C14H29NO. The molecular weight excluding hydrogens is 198 g/mol. The largest absolute Gasteiger partial charge is 0.368 e. The molecule has 0 bridgehead atoms. The Morgan fingerprint density at radius 2 is 1.94 bits per heavy atom. The SMILES string of the molecule is CCCC(C)CNC1CC(C)(C)OC1(C)C. The Hall–Kier alpha value is -0.0800. The van der Waals surface area contributed by atoms with Crippen LogP contribution in [0.1, 0.15) is 60.8 Å². The van der Waals surface area contributed by atoms with Crippen LogP contribution in [0.3, 0.4) is 0 Å². The van der Waals surface area contributed by atoms with Crippen LogP contribution in [0.25, 0.3) is 0 Å². The summed E-state index contributed by atoms with van der Waals surface area (Å²) < 4.78 is 6.08. The highest BCUT2D eigenvalue weighted by atomic mass is 16.5. The van der Waals surface area contributed by atoms with Crippen LogP contribution in [-0.4, -0.2) is 23.8 Å². The summed E-state index contributed by atoms with van der Waals surface area (Å²) in [6, 6.07) is 0.488. The topological polar surface area (TPSA) is 21.3 Å². The van der Waals surface area contributed by atoms with E-state index in [4.69, 9.17) is 4.74 Å². The van der Waals surface area contributed by atoms with E-state index >= 15 is 0 Å². The molecule has 0 aromatic rings.